The van der Waals surface area contributed by atoms with E-state index < -0.39 is 46.0 Å². The average Bonchev–Trinajstić information content (AvgIpc) is 2.79. The maximum absolute atomic E-state index is 13.2. The molecule has 1 saturated heterocycles. The number of nitrogens with zero attached hydrogens (tertiary/aromatic N) is 1. The third-order valence-electron chi connectivity index (χ3n) is 5.76. The van der Waals surface area contributed by atoms with Crippen molar-refractivity contribution in [2.45, 2.75) is 56.2 Å². The SMILES string of the molecule is CSCCC(NS(=O)(=O)c1ccc(C)cc1)C(=O)N1CCC(C(=O)NC(C(=O)O)C(C)O)CC1. The molecule has 1 fully saturated rings. The molecule has 2 rings (SSSR count). The van der Waals surface area contributed by atoms with Gasteiger partial charge in [0.05, 0.1) is 11.0 Å². The Hall–Kier alpha value is -2.15. The summed E-state index contributed by atoms with van der Waals surface area (Å²) in [5.41, 5.74) is 0.920. The first-order valence-electron chi connectivity index (χ1n) is 11.0. The van der Waals surface area contributed by atoms with Gasteiger partial charge in [-0.05, 0) is 57.3 Å². The number of aliphatic hydroxyl groups excluding tert-OH is 1. The summed E-state index contributed by atoms with van der Waals surface area (Å²) in [5.74, 6) is -2.08. The molecular weight excluding hydrogens is 482 g/mol. The number of hydrogen-bond acceptors (Lipinski definition) is 7. The van der Waals surface area contributed by atoms with E-state index in [1.165, 1.54) is 35.7 Å². The van der Waals surface area contributed by atoms with Gasteiger partial charge in [0.25, 0.3) is 0 Å². The lowest BCUT2D eigenvalue weighted by Gasteiger charge is -2.34. The lowest BCUT2D eigenvalue weighted by molar-refractivity contribution is -0.146. The van der Waals surface area contributed by atoms with Gasteiger partial charge in [-0.2, -0.15) is 16.5 Å². The first kappa shape index (κ1) is 28.1. The number of sulfonamides is 1. The van der Waals surface area contributed by atoms with Crippen molar-refractivity contribution < 1.29 is 33.0 Å². The zero-order valence-electron chi connectivity index (χ0n) is 19.6. The highest BCUT2D eigenvalue weighted by Gasteiger charge is 2.34. The highest BCUT2D eigenvalue weighted by Crippen LogP contribution is 2.20. The molecule has 0 bridgehead atoms. The zero-order chi connectivity index (χ0) is 25.5. The number of carboxylic acids is 1. The summed E-state index contributed by atoms with van der Waals surface area (Å²) < 4.78 is 28.2. The normalized spacial score (nSPS) is 17.6. The summed E-state index contributed by atoms with van der Waals surface area (Å²) in [4.78, 5) is 38.5. The monoisotopic (exact) mass is 515 g/mol. The van der Waals surface area contributed by atoms with Crippen molar-refractivity contribution in [3.8, 4) is 0 Å². The van der Waals surface area contributed by atoms with Crippen LogP contribution < -0.4 is 10.0 Å². The highest BCUT2D eigenvalue weighted by molar-refractivity contribution is 7.98. The Bertz CT molecular complexity index is 959. The van der Waals surface area contributed by atoms with Crippen molar-refractivity contribution in [3.63, 3.8) is 0 Å². The fraction of sp³-hybridized carbons (Fsp3) is 0.591. The Morgan fingerprint density at radius 1 is 1.18 bits per heavy atom. The molecule has 34 heavy (non-hydrogen) atoms. The van der Waals surface area contributed by atoms with Gasteiger partial charge in [-0.15, -0.1) is 0 Å². The minimum Gasteiger partial charge on any atom is -0.480 e. The second-order valence-electron chi connectivity index (χ2n) is 8.43. The molecule has 1 aliphatic heterocycles. The minimum absolute atomic E-state index is 0.0847. The van der Waals surface area contributed by atoms with Crippen molar-refractivity contribution in [1.29, 1.82) is 0 Å². The minimum atomic E-state index is -3.89. The van der Waals surface area contributed by atoms with E-state index in [1.807, 2.05) is 13.2 Å². The van der Waals surface area contributed by atoms with Crippen molar-refractivity contribution in [1.82, 2.24) is 14.9 Å². The topological polar surface area (TPSA) is 153 Å². The third-order valence-corrected chi connectivity index (χ3v) is 7.89. The summed E-state index contributed by atoms with van der Waals surface area (Å²) >= 11 is 1.51. The van der Waals surface area contributed by atoms with E-state index in [1.54, 1.807) is 12.1 Å². The van der Waals surface area contributed by atoms with Gasteiger partial charge < -0.3 is 20.4 Å². The van der Waals surface area contributed by atoms with Gasteiger partial charge >= 0.3 is 5.97 Å². The molecule has 0 radical (unpaired) electrons. The number of carbonyl (C=O) groups is 3. The standard InChI is InChI=1S/C22H33N3O7S2/c1-14-4-6-17(7-5-14)34(31,32)24-18(10-13-33-3)21(28)25-11-8-16(9-12-25)20(27)23-19(15(2)26)22(29)30/h4-7,15-16,18-19,24,26H,8-13H2,1-3H3,(H,23,27)(H,29,30). The third kappa shape index (κ3) is 7.69. The van der Waals surface area contributed by atoms with Gasteiger partial charge in [0.1, 0.15) is 6.04 Å². The van der Waals surface area contributed by atoms with E-state index in [0.29, 0.717) is 25.0 Å². The molecule has 3 atom stereocenters. The van der Waals surface area contributed by atoms with E-state index in [0.717, 1.165) is 5.56 Å². The lowest BCUT2D eigenvalue weighted by Crippen LogP contribution is -2.53. The fourth-order valence-corrected chi connectivity index (χ4v) is 5.38. The van der Waals surface area contributed by atoms with Crippen LogP contribution in [-0.2, 0) is 24.4 Å². The van der Waals surface area contributed by atoms with Crippen LogP contribution in [0.3, 0.4) is 0 Å². The molecule has 1 aromatic rings. The molecule has 190 valence electrons. The molecule has 4 N–H and O–H groups in total. The first-order chi connectivity index (χ1) is 16.0. The number of aliphatic hydroxyl groups is 1. The molecule has 1 aromatic carbocycles. The number of benzene rings is 1. The summed E-state index contributed by atoms with van der Waals surface area (Å²) in [6.45, 7) is 3.62. The van der Waals surface area contributed by atoms with Crippen LogP contribution in [0.2, 0.25) is 0 Å². The number of likely N-dealkylation sites (tertiary alicyclic amines) is 1. The Kier molecular flexibility index (Phi) is 10.3. The summed E-state index contributed by atoms with van der Waals surface area (Å²) in [6.07, 6.45) is 1.56. The van der Waals surface area contributed by atoms with Crippen molar-refractivity contribution >= 4 is 39.6 Å². The van der Waals surface area contributed by atoms with Crippen molar-refractivity contribution in [2.24, 2.45) is 5.92 Å². The number of carboxylic acid groups (broad SMARTS) is 1. The Morgan fingerprint density at radius 2 is 1.76 bits per heavy atom. The van der Waals surface area contributed by atoms with Crippen LogP contribution in [0.5, 0.6) is 0 Å². The van der Waals surface area contributed by atoms with Crippen LogP contribution in [-0.4, -0.2) is 84.6 Å². The fourth-order valence-electron chi connectivity index (χ4n) is 3.68. The van der Waals surface area contributed by atoms with Gasteiger partial charge in [0, 0.05) is 19.0 Å². The maximum atomic E-state index is 13.2. The summed E-state index contributed by atoms with van der Waals surface area (Å²) in [5, 5.41) is 21.0. The van der Waals surface area contributed by atoms with E-state index >= 15 is 0 Å². The Morgan fingerprint density at radius 3 is 2.26 bits per heavy atom. The van der Waals surface area contributed by atoms with Gasteiger partial charge in [-0.3, -0.25) is 9.59 Å². The molecule has 10 nitrogen and oxygen atoms in total. The Labute approximate surface area is 204 Å². The molecule has 0 aliphatic carbocycles. The molecule has 3 unspecified atom stereocenters. The molecular formula is C22H33N3O7S2. The number of rotatable bonds is 11. The number of hydrogen-bond donors (Lipinski definition) is 4. The number of piperidine rings is 1. The van der Waals surface area contributed by atoms with E-state index in [-0.39, 0.29) is 23.9 Å². The molecule has 0 spiro atoms. The molecule has 2 amide bonds. The highest BCUT2D eigenvalue weighted by atomic mass is 32.2. The number of aryl methyl sites for hydroxylation is 1. The molecule has 0 saturated carbocycles. The molecule has 0 aromatic heterocycles. The van der Waals surface area contributed by atoms with Gasteiger partial charge in [0.15, 0.2) is 6.04 Å². The van der Waals surface area contributed by atoms with Gasteiger partial charge in [-0.25, -0.2) is 13.2 Å². The number of nitrogens with one attached hydrogen (secondary N) is 2. The predicted molar refractivity (Wildman–Crippen MR) is 129 cm³/mol. The number of amides is 2. The van der Waals surface area contributed by atoms with Gasteiger partial charge in [-0.1, -0.05) is 17.7 Å². The molecule has 1 heterocycles. The van der Waals surface area contributed by atoms with Crippen LogP contribution in [0.1, 0.15) is 31.7 Å². The number of carbonyl (C=O) groups excluding carboxylic acids is 2. The second kappa shape index (κ2) is 12.5. The van der Waals surface area contributed by atoms with Crippen LogP contribution in [0, 0.1) is 12.8 Å². The lowest BCUT2D eigenvalue weighted by atomic mass is 9.94. The summed E-state index contributed by atoms with van der Waals surface area (Å²) in [7, 11) is -3.89. The smallest absolute Gasteiger partial charge is 0.328 e. The predicted octanol–water partition coefficient (Wildman–Crippen LogP) is 0.584. The second-order valence-corrected chi connectivity index (χ2v) is 11.1. The van der Waals surface area contributed by atoms with Crippen molar-refractivity contribution in [2.75, 3.05) is 25.1 Å². The molecule has 12 heteroatoms. The zero-order valence-corrected chi connectivity index (χ0v) is 21.2. The van der Waals surface area contributed by atoms with Crippen LogP contribution in [0.25, 0.3) is 0 Å². The quantitative estimate of drug-likeness (QED) is 0.334. The summed E-state index contributed by atoms with van der Waals surface area (Å²) in [6, 6.07) is 4.03. The van der Waals surface area contributed by atoms with Crippen molar-refractivity contribution in [3.05, 3.63) is 29.8 Å². The van der Waals surface area contributed by atoms with Crippen LogP contribution in [0.15, 0.2) is 29.2 Å². The van der Waals surface area contributed by atoms with E-state index in [4.69, 9.17) is 5.11 Å². The van der Waals surface area contributed by atoms with Crippen LogP contribution >= 0.6 is 11.8 Å². The first-order valence-corrected chi connectivity index (χ1v) is 13.9. The van der Waals surface area contributed by atoms with E-state index in [2.05, 4.69) is 10.0 Å². The van der Waals surface area contributed by atoms with Gasteiger partial charge in [0.2, 0.25) is 21.8 Å². The Balaban J connectivity index is 2.03. The average molecular weight is 516 g/mol. The maximum Gasteiger partial charge on any atom is 0.328 e. The molecule has 1 aliphatic rings. The number of aliphatic carboxylic acids is 1. The largest absolute Gasteiger partial charge is 0.480 e. The van der Waals surface area contributed by atoms with E-state index in [9.17, 15) is 27.9 Å². The number of thioether (sulfide) groups is 1. The van der Waals surface area contributed by atoms with Crippen LogP contribution in [0.4, 0.5) is 0 Å².